The first-order chi connectivity index (χ1) is 4.27. The fourth-order valence-electron chi connectivity index (χ4n) is 1.07. The van der Waals surface area contributed by atoms with E-state index in [1.54, 1.807) is 0 Å². The second-order valence-corrected chi connectivity index (χ2v) is 4.53. The second-order valence-electron chi connectivity index (χ2n) is 2.47. The third-order valence-corrected chi connectivity index (χ3v) is 3.46. The van der Waals surface area contributed by atoms with E-state index in [-0.39, 0.29) is 0 Å². The summed E-state index contributed by atoms with van der Waals surface area (Å²) in [6.07, 6.45) is 2.48. The van der Waals surface area contributed by atoms with Crippen molar-refractivity contribution in [1.29, 1.82) is 0 Å². The monoisotopic (exact) mass is 240 g/mol. The molecule has 0 atom stereocenters. The molecule has 54 valence electrons. The van der Waals surface area contributed by atoms with E-state index in [0.29, 0.717) is 3.55 Å². The van der Waals surface area contributed by atoms with Gasteiger partial charge in [0.15, 0.2) is 0 Å². The molecule has 0 aromatic rings. The van der Waals surface area contributed by atoms with Crippen LogP contribution in [0.3, 0.4) is 0 Å². The number of nitrogens with one attached hydrogen (secondary N) is 2. The highest BCUT2D eigenvalue weighted by molar-refractivity contribution is 14.1. The quantitative estimate of drug-likeness (QED) is 0.401. The molecule has 1 aliphatic rings. The summed E-state index contributed by atoms with van der Waals surface area (Å²) in [5.74, 6) is 0. The highest BCUT2D eigenvalue weighted by Crippen LogP contribution is 2.24. The summed E-state index contributed by atoms with van der Waals surface area (Å²) in [5.41, 5.74) is 0. The standard InChI is InChI=1S/C6H13IN2/c1-8-6(7)2-4-9-5-3-6/h8-9H,2-5H2,1H3. The Morgan fingerprint density at radius 2 is 2.00 bits per heavy atom. The summed E-state index contributed by atoms with van der Waals surface area (Å²) in [6, 6.07) is 0. The number of halogens is 1. The van der Waals surface area contributed by atoms with Gasteiger partial charge in [0.2, 0.25) is 0 Å². The predicted molar refractivity (Wildman–Crippen MR) is 47.9 cm³/mol. The average Bonchev–Trinajstić information content (AvgIpc) is 1.90. The van der Waals surface area contributed by atoms with E-state index >= 15 is 0 Å². The van der Waals surface area contributed by atoms with Crippen LogP contribution in [0.25, 0.3) is 0 Å². The fraction of sp³-hybridized carbons (Fsp3) is 1.00. The molecule has 0 aromatic heterocycles. The highest BCUT2D eigenvalue weighted by atomic mass is 127. The van der Waals surface area contributed by atoms with Crippen LogP contribution in [0.1, 0.15) is 12.8 Å². The molecular weight excluding hydrogens is 227 g/mol. The van der Waals surface area contributed by atoms with Gasteiger partial charge in [-0.05, 0) is 33.0 Å². The number of hydrogen-bond donors (Lipinski definition) is 2. The van der Waals surface area contributed by atoms with E-state index in [9.17, 15) is 0 Å². The maximum absolute atomic E-state index is 3.33. The minimum atomic E-state index is 0.378. The van der Waals surface area contributed by atoms with E-state index in [1.807, 2.05) is 7.05 Å². The van der Waals surface area contributed by atoms with E-state index in [4.69, 9.17) is 0 Å². The third-order valence-electron chi connectivity index (χ3n) is 1.84. The molecule has 0 amide bonds. The summed E-state index contributed by atoms with van der Waals surface area (Å²) in [5, 5.41) is 6.66. The Morgan fingerprint density at radius 1 is 1.44 bits per heavy atom. The zero-order valence-corrected chi connectivity index (χ0v) is 7.86. The Bertz CT molecular complexity index is 89.1. The maximum atomic E-state index is 3.33. The molecule has 0 aromatic carbocycles. The molecule has 0 aliphatic carbocycles. The first-order valence-corrected chi connectivity index (χ1v) is 4.43. The number of piperidine rings is 1. The molecular formula is C6H13IN2. The van der Waals surface area contributed by atoms with Gasteiger partial charge in [0.1, 0.15) is 0 Å². The van der Waals surface area contributed by atoms with E-state index in [1.165, 1.54) is 12.8 Å². The summed E-state index contributed by atoms with van der Waals surface area (Å²) < 4.78 is 0.378. The van der Waals surface area contributed by atoms with Gasteiger partial charge in [-0.2, -0.15) is 0 Å². The Balaban J connectivity index is 2.37. The smallest absolute Gasteiger partial charge is 0.0727 e. The van der Waals surface area contributed by atoms with Crippen molar-refractivity contribution in [3.63, 3.8) is 0 Å². The lowest BCUT2D eigenvalue weighted by atomic mass is 10.1. The van der Waals surface area contributed by atoms with Gasteiger partial charge < -0.3 is 10.6 Å². The topological polar surface area (TPSA) is 24.1 Å². The zero-order valence-electron chi connectivity index (χ0n) is 5.71. The molecule has 1 saturated heterocycles. The normalized spacial score (nSPS) is 26.0. The van der Waals surface area contributed by atoms with Crippen molar-refractivity contribution in [3.8, 4) is 0 Å². The lowest BCUT2D eigenvalue weighted by molar-refractivity contribution is 0.392. The molecule has 3 heteroatoms. The predicted octanol–water partition coefficient (Wildman–Crippen LogP) is 0.720. The van der Waals surface area contributed by atoms with Crippen LogP contribution in [0.2, 0.25) is 0 Å². The first kappa shape index (κ1) is 7.75. The van der Waals surface area contributed by atoms with Crippen LogP contribution >= 0.6 is 22.6 Å². The van der Waals surface area contributed by atoms with Gasteiger partial charge in [-0.25, -0.2) is 0 Å². The van der Waals surface area contributed by atoms with Crippen molar-refractivity contribution >= 4 is 22.6 Å². The van der Waals surface area contributed by atoms with Crippen LogP contribution in [0.5, 0.6) is 0 Å². The summed E-state index contributed by atoms with van der Waals surface area (Å²) in [6.45, 7) is 2.31. The molecule has 0 unspecified atom stereocenters. The Morgan fingerprint density at radius 3 is 2.33 bits per heavy atom. The highest BCUT2D eigenvalue weighted by Gasteiger charge is 2.25. The Hall–Kier alpha value is 0.650. The van der Waals surface area contributed by atoms with E-state index < -0.39 is 0 Å². The Labute approximate surface area is 69.9 Å². The number of rotatable bonds is 1. The molecule has 0 saturated carbocycles. The number of alkyl halides is 1. The first-order valence-electron chi connectivity index (χ1n) is 3.35. The molecule has 2 N–H and O–H groups in total. The van der Waals surface area contributed by atoms with Crippen LogP contribution in [-0.2, 0) is 0 Å². The lowest BCUT2D eigenvalue weighted by Gasteiger charge is -2.31. The molecule has 0 spiro atoms. The van der Waals surface area contributed by atoms with Crippen LogP contribution in [-0.4, -0.2) is 23.7 Å². The Kier molecular flexibility index (Phi) is 2.73. The SMILES string of the molecule is CNC1(I)CCNCC1. The van der Waals surface area contributed by atoms with Crippen molar-refractivity contribution < 1.29 is 0 Å². The molecule has 9 heavy (non-hydrogen) atoms. The summed E-state index contributed by atoms with van der Waals surface area (Å²) >= 11 is 2.50. The van der Waals surface area contributed by atoms with Crippen molar-refractivity contribution in [2.45, 2.75) is 16.4 Å². The van der Waals surface area contributed by atoms with Crippen LogP contribution < -0.4 is 10.6 Å². The zero-order chi connectivity index (χ0) is 6.74. The van der Waals surface area contributed by atoms with Gasteiger partial charge in [-0.3, -0.25) is 0 Å². The van der Waals surface area contributed by atoms with Crippen LogP contribution in [0, 0.1) is 0 Å². The molecule has 1 heterocycles. The van der Waals surface area contributed by atoms with Crippen molar-refractivity contribution in [2.75, 3.05) is 20.1 Å². The van der Waals surface area contributed by atoms with Crippen molar-refractivity contribution in [2.24, 2.45) is 0 Å². The number of hydrogen-bond acceptors (Lipinski definition) is 2. The minimum Gasteiger partial charge on any atom is -0.317 e. The largest absolute Gasteiger partial charge is 0.317 e. The fourth-order valence-corrected chi connectivity index (χ4v) is 1.61. The van der Waals surface area contributed by atoms with Gasteiger partial charge in [-0.1, -0.05) is 22.6 Å². The van der Waals surface area contributed by atoms with Crippen LogP contribution in [0.15, 0.2) is 0 Å². The summed E-state index contributed by atoms with van der Waals surface area (Å²) in [4.78, 5) is 0. The van der Waals surface area contributed by atoms with Gasteiger partial charge in [0.25, 0.3) is 0 Å². The van der Waals surface area contributed by atoms with Crippen molar-refractivity contribution in [1.82, 2.24) is 10.6 Å². The molecule has 2 nitrogen and oxygen atoms in total. The summed E-state index contributed by atoms with van der Waals surface area (Å²) in [7, 11) is 2.04. The maximum Gasteiger partial charge on any atom is 0.0727 e. The molecule has 1 aliphatic heterocycles. The molecule has 1 rings (SSSR count). The molecule has 0 bridgehead atoms. The molecule has 0 radical (unpaired) electrons. The van der Waals surface area contributed by atoms with Gasteiger partial charge in [-0.15, -0.1) is 0 Å². The van der Waals surface area contributed by atoms with Gasteiger partial charge in [0.05, 0.1) is 3.55 Å². The lowest BCUT2D eigenvalue weighted by Crippen LogP contribution is -2.45. The minimum absolute atomic E-state index is 0.378. The van der Waals surface area contributed by atoms with Gasteiger partial charge >= 0.3 is 0 Å². The third kappa shape index (κ3) is 2.05. The van der Waals surface area contributed by atoms with Crippen LogP contribution in [0.4, 0.5) is 0 Å². The van der Waals surface area contributed by atoms with E-state index in [2.05, 4.69) is 33.2 Å². The second kappa shape index (κ2) is 3.16. The average molecular weight is 240 g/mol. The van der Waals surface area contributed by atoms with Gasteiger partial charge in [0, 0.05) is 0 Å². The molecule has 1 fully saturated rings. The van der Waals surface area contributed by atoms with Crippen molar-refractivity contribution in [3.05, 3.63) is 0 Å². The van der Waals surface area contributed by atoms with E-state index in [0.717, 1.165) is 13.1 Å².